The van der Waals surface area contributed by atoms with Crippen LogP contribution in [0.3, 0.4) is 0 Å². The standard InChI is InChI=1S/C9H10N2O4/c1-15-9(12)4-6-2-3-7(11(13)14)5-8(6)10/h2-3,5H,4,10H2,1H3. The van der Waals surface area contributed by atoms with Crippen molar-refractivity contribution in [2.75, 3.05) is 12.8 Å². The van der Waals surface area contributed by atoms with Crippen LogP contribution in [0.5, 0.6) is 0 Å². The molecule has 0 spiro atoms. The fraction of sp³-hybridized carbons (Fsp3) is 0.222. The molecule has 0 atom stereocenters. The number of non-ortho nitro benzene ring substituents is 1. The lowest BCUT2D eigenvalue weighted by atomic mass is 10.1. The van der Waals surface area contributed by atoms with Crippen molar-refractivity contribution in [3.63, 3.8) is 0 Å². The van der Waals surface area contributed by atoms with Crippen molar-refractivity contribution < 1.29 is 14.5 Å². The Kier molecular flexibility index (Phi) is 3.22. The summed E-state index contributed by atoms with van der Waals surface area (Å²) >= 11 is 0. The summed E-state index contributed by atoms with van der Waals surface area (Å²) in [6.45, 7) is 0. The number of nitrogens with zero attached hydrogens (tertiary/aromatic N) is 1. The number of ether oxygens (including phenoxy) is 1. The molecule has 1 aromatic carbocycles. The van der Waals surface area contributed by atoms with Gasteiger partial charge in [-0.15, -0.1) is 0 Å². The first-order chi connectivity index (χ1) is 7.04. The van der Waals surface area contributed by atoms with E-state index in [2.05, 4.69) is 4.74 Å². The molecule has 0 unspecified atom stereocenters. The zero-order valence-corrected chi connectivity index (χ0v) is 8.10. The zero-order valence-electron chi connectivity index (χ0n) is 8.10. The van der Waals surface area contributed by atoms with E-state index in [4.69, 9.17) is 5.73 Å². The van der Waals surface area contributed by atoms with Crippen LogP contribution in [0.25, 0.3) is 0 Å². The molecule has 0 aliphatic heterocycles. The van der Waals surface area contributed by atoms with Crippen molar-refractivity contribution >= 4 is 17.3 Å². The van der Waals surface area contributed by atoms with E-state index < -0.39 is 10.9 Å². The molecule has 80 valence electrons. The lowest BCUT2D eigenvalue weighted by molar-refractivity contribution is -0.384. The summed E-state index contributed by atoms with van der Waals surface area (Å²) in [6.07, 6.45) is 0.0142. The first-order valence-electron chi connectivity index (χ1n) is 4.14. The molecule has 0 heterocycles. The third kappa shape index (κ3) is 2.67. The Hall–Kier alpha value is -2.11. The molecule has 6 nitrogen and oxygen atoms in total. The number of nitrogens with two attached hydrogens (primary N) is 1. The number of hydrogen-bond donors (Lipinski definition) is 1. The van der Waals surface area contributed by atoms with Crippen molar-refractivity contribution in [1.29, 1.82) is 0 Å². The van der Waals surface area contributed by atoms with Gasteiger partial charge >= 0.3 is 5.97 Å². The predicted molar refractivity (Wildman–Crippen MR) is 53.2 cm³/mol. The monoisotopic (exact) mass is 210 g/mol. The number of methoxy groups -OCH3 is 1. The lowest BCUT2D eigenvalue weighted by Crippen LogP contribution is -2.07. The van der Waals surface area contributed by atoms with E-state index in [1.807, 2.05) is 0 Å². The smallest absolute Gasteiger partial charge is 0.310 e. The average Bonchev–Trinajstić information content (AvgIpc) is 2.20. The molecule has 6 heteroatoms. The van der Waals surface area contributed by atoms with Gasteiger partial charge in [0.2, 0.25) is 0 Å². The molecule has 0 aromatic heterocycles. The Bertz CT molecular complexity index is 403. The number of anilines is 1. The summed E-state index contributed by atoms with van der Waals surface area (Å²) in [6, 6.07) is 3.97. The number of rotatable bonds is 3. The Labute approximate surface area is 85.8 Å². The number of benzene rings is 1. The fourth-order valence-corrected chi connectivity index (χ4v) is 1.08. The van der Waals surface area contributed by atoms with Crippen LogP contribution in [-0.2, 0) is 16.0 Å². The summed E-state index contributed by atoms with van der Waals surface area (Å²) in [5.41, 5.74) is 6.19. The molecular formula is C9H10N2O4. The topological polar surface area (TPSA) is 95.5 Å². The Morgan fingerprint density at radius 3 is 2.73 bits per heavy atom. The first kappa shape index (κ1) is 11.0. The zero-order chi connectivity index (χ0) is 11.4. The van der Waals surface area contributed by atoms with E-state index in [1.165, 1.54) is 25.3 Å². The van der Waals surface area contributed by atoms with Crippen LogP contribution in [0, 0.1) is 10.1 Å². The maximum Gasteiger partial charge on any atom is 0.310 e. The number of nitrogen functional groups attached to an aromatic ring is 1. The number of esters is 1. The lowest BCUT2D eigenvalue weighted by Gasteiger charge is -2.03. The Morgan fingerprint density at radius 2 is 2.27 bits per heavy atom. The van der Waals surface area contributed by atoms with Crippen LogP contribution in [-0.4, -0.2) is 18.0 Å². The molecule has 1 aromatic rings. The van der Waals surface area contributed by atoms with Crippen LogP contribution in [0.15, 0.2) is 18.2 Å². The number of nitro groups is 1. The van der Waals surface area contributed by atoms with E-state index >= 15 is 0 Å². The normalized spacial score (nSPS) is 9.67. The first-order valence-corrected chi connectivity index (χ1v) is 4.14. The van der Waals surface area contributed by atoms with E-state index in [-0.39, 0.29) is 17.8 Å². The molecule has 0 aliphatic carbocycles. The fourth-order valence-electron chi connectivity index (χ4n) is 1.08. The predicted octanol–water partition coefficient (Wildman–Crippen LogP) is 0.892. The van der Waals surface area contributed by atoms with Gasteiger partial charge in [-0.3, -0.25) is 14.9 Å². The van der Waals surface area contributed by atoms with Gasteiger partial charge < -0.3 is 10.5 Å². The molecule has 0 bridgehead atoms. The average molecular weight is 210 g/mol. The second-order valence-electron chi connectivity index (χ2n) is 2.89. The molecular weight excluding hydrogens is 200 g/mol. The number of hydrogen-bond acceptors (Lipinski definition) is 5. The van der Waals surface area contributed by atoms with Gasteiger partial charge in [-0.1, -0.05) is 0 Å². The summed E-state index contributed by atoms with van der Waals surface area (Å²) in [4.78, 5) is 20.8. The number of nitro benzene ring substituents is 1. The summed E-state index contributed by atoms with van der Waals surface area (Å²) in [7, 11) is 1.27. The third-order valence-electron chi connectivity index (χ3n) is 1.90. The van der Waals surface area contributed by atoms with Crippen LogP contribution < -0.4 is 5.73 Å². The molecule has 0 fully saturated rings. The maximum absolute atomic E-state index is 10.9. The molecule has 1 rings (SSSR count). The van der Waals surface area contributed by atoms with Crippen molar-refractivity contribution in [3.05, 3.63) is 33.9 Å². The van der Waals surface area contributed by atoms with Gasteiger partial charge in [0.15, 0.2) is 0 Å². The van der Waals surface area contributed by atoms with Crippen LogP contribution >= 0.6 is 0 Å². The quantitative estimate of drug-likeness (QED) is 0.346. The van der Waals surface area contributed by atoms with Crippen LogP contribution in [0.4, 0.5) is 11.4 Å². The van der Waals surface area contributed by atoms with Crippen molar-refractivity contribution in [1.82, 2.24) is 0 Å². The van der Waals surface area contributed by atoms with Gasteiger partial charge in [-0.05, 0) is 11.6 Å². The SMILES string of the molecule is COC(=O)Cc1ccc([N+](=O)[O-])cc1N. The van der Waals surface area contributed by atoms with Crippen molar-refractivity contribution in [2.45, 2.75) is 6.42 Å². The highest BCUT2D eigenvalue weighted by Crippen LogP contribution is 2.20. The number of carbonyl (C=O) groups excluding carboxylic acids is 1. The molecule has 0 aliphatic rings. The van der Waals surface area contributed by atoms with Gasteiger partial charge in [-0.25, -0.2) is 0 Å². The van der Waals surface area contributed by atoms with E-state index in [0.717, 1.165) is 0 Å². The largest absolute Gasteiger partial charge is 0.469 e. The Balaban J connectivity index is 2.93. The van der Waals surface area contributed by atoms with Crippen LogP contribution in [0.1, 0.15) is 5.56 Å². The highest BCUT2D eigenvalue weighted by Gasteiger charge is 2.11. The van der Waals surface area contributed by atoms with Crippen molar-refractivity contribution in [2.24, 2.45) is 0 Å². The van der Waals surface area contributed by atoms with Gasteiger partial charge in [0.25, 0.3) is 5.69 Å². The molecule has 0 radical (unpaired) electrons. The van der Waals surface area contributed by atoms with E-state index in [9.17, 15) is 14.9 Å². The summed E-state index contributed by atoms with van der Waals surface area (Å²) in [5, 5.41) is 10.4. The van der Waals surface area contributed by atoms with Gasteiger partial charge in [0.1, 0.15) is 0 Å². The maximum atomic E-state index is 10.9. The van der Waals surface area contributed by atoms with Crippen molar-refractivity contribution in [3.8, 4) is 0 Å². The minimum absolute atomic E-state index is 0.0142. The number of carbonyl (C=O) groups is 1. The molecule has 0 saturated carbocycles. The minimum Gasteiger partial charge on any atom is -0.469 e. The highest BCUT2D eigenvalue weighted by atomic mass is 16.6. The minimum atomic E-state index is -0.543. The third-order valence-corrected chi connectivity index (χ3v) is 1.90. The van der Waals surface area contributed by atoms with E-state index in [0.29, 0.717) is 5.56 Å². The van der Waals surface area contributed by atoms with Gasteiger partial charge in [0.05, 0.1) is 18.5 Å². The second-order valence-corrected chi connectivity index (χ2v) is 2.89. The van der Waals surface area contributed by atoms with E-state index in [1.54, 1.807) is 0 Å². The summed E-state index contributed by atoms with van der Waals surface area (Å²) in [5.74, 6) is -0.435. The second kappa shape index (κ2) is 4.41. The van der Waals surface area contributed by atoms with Gasteiger partial charge in [0, 0.05) is 17.8 Å². The molecule has 15 heavy (non-hydrogen) atoms. The highest BCUT2D eigenvalue weighted by molar-refractivity contribution is 5.75. The summed E-state index contributed by atoms with van der Waals surface area (Å²) < 4.78 is 4.46. The van der Waals surface area contributed by atoms with Crippen LogP contribution in [0.2, 0.25) is 0 Å². The molecule has 2 N–H and O–H groups in total. The molecule has 0 saturated heterocycles. The van der Waals surface area contributed by atoms with Gasteiger partial charge in [-0.2, -0.15) is 0 Å². The molecule has 0 amide bonds. The Morgan fingerprint density at radius 1 is 1.60 bits per heavy atom.